The second-order valence-corrected chi connectivity index (χ2v) is 5.59. The zero-order chi connectivity index (χ0) is 10.3. The summed E-state index contributed by atoms with van der Waals surface area (Å²) in [7, 11) is 0. The molecule has 4 rings (SSSR count). The molecular weight excluding hydrogens is 254 g/mol. The summed E-state index contributed by atoms with van der Waals surface area (Å²) >= 11 is 3.35. The first-order valence-corrected chi connectivity index (χ1v) is 6.59. The van der Waals surface area contributed by atoms with Crippen LogP contribution in [0.4, 0.5) is 0 Å². The molecule has 82 valence electrons. The van der Waals surface area contributed by atoms with Crippen LogP contribution >= 0.6 is 15.9 Å². The van der Waals surface area contributed by atoms with Crippen LogP contribution in [0.3, 0.4) is 0 Å². The highest BCUT2D eigenvalue weighted by molar-refractivity contribution is 9.10. The number of piperidine rings is 2. The van der Waals surface area contributed by atoms with E-state index in [0.29, 0.717) is 0 Å². The Kier molecular flexibility index (Phi) is 2.61. The Balaban J connectivity index is 1.68. The van der Waals surface area contributed by atoms with Gasteiger partial charge in [0.05, 0.1) is 6.54 Å². The fraction of sp³-hybridized carbons (Fsp3) is 0.667. The third-order valence-electron chi connectivity index (χ3n) is 3.81. The van der Waals surface area contributed by atoms with Gasteiger partial charge in [-0.3, -0.25) is 4.90 Å². The maximum atomic E-state index is 5.57. The van der Waals surface area contributed by atoms with Crippen LogP contribution in [0, 0.1) is 5.92 Å². The first-order chi connectivity index (χ1) is 7.31. The quantitative estimate of drug-likeness (QED) is 0.818. The lowest BCUT2D eigenvalue weighted by Gasteiger charge is -2.45. The van der Waals surface area contributed by atoms with Gasteiger partial charge in [0.2, 0.25) is 0 Å². The minimum Gasteiger partial charge on any atom is -0.453 e. The van der Waals surface area contributed by atoms with Crippen LogP contribution in [0.1, 0.15) is 31.4 Å². The molecule has 0 atom stereocenters. The molecule has 1 aromatic rings. The van der Waals surface area contributed by atoms with E-state index in [2.05, 4.69) is 26.9 Å². The smallest absolute Gasteiger partial charge is 0.169 e. The molecular formula is C12H16BrNO. The number of rotatable bonds is 2. The lowest BCUT2D eigenvalue weighted by atomic mass is 9.80. The van der Waals surface area contributed by atoms with E-state index >= 15 is 0 Å². The highest BCUT2D eigenvalue weighted by Gasteiger charge is 2.33. The van der Waals surface area contributed by atoms with E-state index in [0.717, 1.165) is 28.9 Å². The van der Waals surface area contributed by atoms with Crippen LogP contribution < -0.4 is 0 Å². The number of hydrogen-bond donors (Lipinski definition) is 0. The Labute approximate surface area is 98.8 Å². The summed E-state index contributed by atoms with van der Waals surface area (Å²) in [5.74, 6) is 2.04. The van der Waals surface area contributed by atoms with Gasteiger partial charge in [-0.25, -0.2) is 0 Å². The molecule has 0 amide bonds. The van der Waals surface area contributed by atoms with Crippen molar-refractivity contribution in [2.45, 2.75) is 38.3 Å². The molecule has 2 saturated heterocycles. The molecule has 3 heterocycles. The maximum Gasteiger partial charge on any atom is 0.169 e. The van der Waals surface area contributed by atoms with E-state index in [-0.39, 0.29) is 0 Å². The second-order valence-electron chi connectivity index (χ2n) is 4.81. The normalized spacial score (nSPS) is 31.0. The molecule has 1 aliphatic carbocycles. The summed E-state index contributed by atoms with van der Waals surface area (Å²) in [6.45, 7) is 2.27. The molecule has 3 fully saturated rings. The molecule has 2 aliphatic heterocycles. The Morgan fingerprint density at radius 1 is 1.27 bits per heavy atom. The van der Waals surface area contributed by atoms with Gasteiger partial charge < -0.3 is 4.42 Å². The molecule has 0 unspecified atom stereocenters. The highest BCUT2D eigenvalue weighted by atomic mass is 79.9. The lowest BCUT2D eigenvalue weighted by Crippen LogP contribution is -2.47. The van der Waals surface area contributed by atoms with Gasteiger partial charge in [0.25, 0.3) is 0 Å². The van der Waals surface area contributed by atoms with Crippen LogP contribution in [0.2, 0.25) is 0 Å². The van der Waals surface area contributed by atoms with Gasteiger partial charge in [0.15, 0.2) is 4.67 Å². The second kappa shape index (κ2) is 3.95. The third-order valence-corrected chi connectivity index (χ3v) is 4.24. The van der Waals surface area contributed by atoms with Gasteiger partial charge in [0, 0.05) is 12.6 Å². The average molecular weight is 270 g/mol. The monoisotopic (exact) mass is 269 g/mol. The van der Waals surface area contributed by atoms with Crippen molar-refractivity contribution in [3.05, 3.63) is 22.6 Å². The molecule has 0 radical (unpaired) electrons. The third kappa shape index (κ3) is 2.00. The zero-order valence-electron chi connectivity index (χ0n) is 8.79. The zero-order valence-corrected chi connectivity index (χ0v) is 10.4. The lowest BCUT2D eigenvalue weighted by molar-refractivity contribution is 0.0373. The number of fused-ring (bicyclic) bond motifs is 3. The topological polar surface area (TPSA) is 16.4 Å². The van der Waals surface area contributed by atoms with Crippen LogP contribution in [-0.4, -0.2) is 17.5 Å². The maximum absolute atomic E-state index is 5.57. The first kappa shape index (κ1) is 9.91. The van der Waals surface area contributed by atoms with Crippen molar-refractivity contribution in [3.8, 4) is 0 Å². The summed E-state index contributed by atoms with van der Waals surface area (Å²) < 4.78 is 6.42. The fourth-order valence-electron chi connectivity index (χ4n) is 3.00. The van der Waals surface area contributed by atoms with Crippen molar-refractivity contribution in [2.75, 3.05) is 6.54 Å². The van der Waals surface area contributed by atoms with Crippen molar-refractivity contribution >= 4 is 15.9 Å². The van der Waals surface area contributed by atoms with Crippen LogP contribution in [0.5, 0.6) is 0 Å². The molecule has 2 nitrogen and oxygen atoms in total. The van der Waals surface area contributed by atoms with Gasteiger partial charge in [-0.1, -0.05) is 0 Å². The van der Waals surface area contributed by atoms with Gasteiger partial charge in [-0.2, -0.15) is 0 Å². The van der Waals surface area contributed by atoms with Gasteiger partial charge in [-0.15, -0.1) is 0 Å². The molecule has 3 heteroatoms. The van der Waals surface area contributed by atoms with Crippen molar-refractivity contribution < 1.29 is 4.42 Å². The Hall–Kier alpha value is -0.280. The van der Waals surface area contributed by atoms with E-state index in [1.54, 1.807) is 0 Å². The highest BCUT2D eigenvalue weighted by Crippen LogP contribution is 2.35. The molecule has 1 saturated carbocycles. The summed E-state index contributed by atoms with van der Waals surface area (Å²) in [4.78, 5) is 2.60. The number of hydrogen-bond acceptors (Lipinski definition) is 2. The molecule has 0 N–H and O–H groups in total. The average Bonchev–Trinajstić information content (AvgIpc) is 2.66. The summed E-state index contributed by atoms with van der Waals surface area (Å²) in [5.41, 5.74) is 0. The first-order valence-electron chi connectivity index (χ1n) is 5.79. The largest absolute Gasteiger partial charge is 0.453 e. The Morgan fingerprint density at radius 3 is 2.60 bits per heavy atom. The summed E-state index contributed by atoms with van der Waals surface area (Å²) in [6.07, 6.45) is 5.69. The Morgan fingerprint density at radius 2 is 2.07 bits per heavy atom. The molecule has 3 aliphatic rings. The van der Waals surface area contributed by atoms with Gasteiger partial charge in [0.1, 0.15) is 5.76 Å². The van der Waals surface area contributed by atoms with Crippen LogP contribution in [0.15, 0.2) is 21.2 Å². The van der Waals surface area contributed by atoms with Gasteiger partial charge >= 0.3 is 0 Å². The number of nitrogens with zero attached hydrogens (tertiary/aromatic N) is 1. The van der Waals surface area contributed by atoms with Crippen LogP contribution in [0.25, 0.3) is 0 Å². The van der Waals surface area contributed by atoms with Crippen molar-refractivity contribution in [1.82, 2.24) is 4.90 Å². The minimum absolute atomic E-state index is 0.818. The predicted molar refractivity (Wildman–Crippen MR) is 62.6 cm³/mol. The van der Waals surface area contributed by atoms with E-state index in [9.17, 15) is 0 Å². The molecule has 1 aromatic heterocycles. The van der Waals surface area contributed by atoms with E-state index in [1.165, 1.54) is 32.2 Å². The van der Waals surface area contributed by atoms with Crippen LogP contribution in [-0.2, 0) is 6.54 Å². The standard InChI is InChI=1S/C12H16BrNO/c13-12-6-5-11(15-12)8-14-7-9-1-3-10(14)4-2-9/h5-6,9-10H,1-4,7-8H2. The molecule has 0 spiro atoms. The van der Waals surface area contributed by atoms with E-state index in [1.807, 2.05) is 6.07 Å². The van der Waals surface area contributed by atoms with Crippen molar-refractivity contribution in [1.29, 1.82) is 0 Å². The minimum atomic E-state index is 0.818. The predicted octanol–water partition coefficient (Wildman–Crippen LogP) is 3.42. The number of halogens is 1. The summed E-state index contributed by atoms with van der Waals surface area (Å²) in [5, 5.41) is 0. The van der Waals surface area contributed by atoms with E-state index in [4.69, 9.17) is 4.42 Å². The SMILES string of the molecule is Brc1ccc(CN2CC3CCC2CC3)o1. The fourth-order valence-corrected chi connectivity index (χ4v) is 3.34. The molecule has 2 bridgehead atoms. The van der Waals surface area contributed by atoms with Crippen molar-refractivity contribution in [3.63, 3.8) is 0 Å². The van der Waals surface area contributed by atoms with E-state index < -0.39 is 0 Å². The molecule has 0 aromatic carbocycles. The Bertz CT molecular complexity index is 341. The van der Waals surface area contributed by atoms with Crippen molar-refractivity contribution in [2.24, 2.45) is 5.92 Å². The van der Waals surface area contributed by atoms with Gasteiger partial charge in [-0.05, 0) is 59.7 Å². The summed E-state index contributed by atoms with van der Waals surface area (Å²) in [6, 6.07) is 4.88. The molecule has 15 heavy (non-hydrogen) atoms. The number of furan rings is 1.